The summed E-state index contributed by atoms with van der Waals surface area (Å²) in [5.74, 6) is 0. The molecule has 0 aliphatic carbocycles. The van der Waals surface area contributed by atoms with E-state index in [1.807, 2.05) is 22.7 Å². The standard InChI is InChI=1S/C32H22S2/c1-3-7-25(8-4-1)29-19-21-31(33-29)27-15-11-23(12-16-27)24-13-17-28(18-14-24)32-22-20-30(34-32)26-9-5-2-6-10-26/h1-22H. The maximum atomic E-state index is 2.23. The Labute approximate surface area is 208 Å². The molecule has 0 unspecified atom stereocenters. The lowest BCUT2D eigenvalue weighted by Gasteiger charge is -2.05. The van der Waals surface area contributed by atoms with Crippen LogP contribution in [0.1, 0.15) is 0 Å². The van der Waals surface area contributed by atoms with Gasteiger partial charge in [-0.1, -0.05) is 109 Å². The summed E-state index contributed by atoms with van der Waals surface area (Å²) < 4.78 is 0. The molecule has 0 fully saturated rings. The topological polar surface area (TPSA) is 0 Å². The molecule has 0 aliphatic heterocycles. The Balaban J connectivity index is 1.20. The first-order chi connectivity index (χ1) is 16.8. The molecule has 0 nitrogen and oxygen atoms in total. The van der Waals surface area contributed by atoms with E-state index in [0.29, 0.717) is 0 Å². The van der Waals surface area contributed by atoms with E-state index in [0.717, 1.165) is 0 Å². The van der Waals surface area contributed by atoms with Crippen LogP contribution in [0.25, 0.3) is 52.9 Å². The normalized spacial score (nSPS) is 10.9. The lowest BCUT2D eigenvalue weighted by Crippen LogP contribution is -1.79. The Bertz CT molecular complexity index is 1380. The SMILES string of the molecule is c1ccc(-c2ccc(-c3ccc(-c4ccc(-c5ccc(-c6ccccc6)s5)cc4)cc3)s2)cc1. The molecule has 6 rings (SSSR count). The molecule has 0 amide bonds. The molecule has 0 saturated carbocycles. The number of thiophene rings is 2. The highest BCUT2D eigenvalue weighted by atomic mass is 32.1. The van der Waals surface area contributed by atoms with Crippen LogP contribution in [0.15, 0.2) is 133 Å². The van der Waals surface area contributed by atoms with Crippen LogP contribution in [0.5, 0.6) is 0 Å². The van der Waals surface area contributed by atoms with Gasteiger partial charge in [-0.05, 0) is 57.6 Å². The quantitative estimate of drug-likeness (QED) is 0.235. The van der Waals surface area contributed by atoms with Gasteiger partial charge in [0.15, 0.2) is 0 Å². The van der Waals surface area contributed by atoms with Gasteiger partial charge in [0, 0.05) is 19.5 Å². The van der Waals surface area contributed by atoms with Crippen LogP contribution in [0.3, 0.4) is 0 Å². The lowest BCUT2D eigenvalue weighted by atomic mass is 10.0. The molecule has 6 aromatic rings. The Morgan fingerprint density at radius 1 is 0.235 bits per heavy atom. The summed E-state index contributed by atoms with van der Waals surface area (Å²) in [5.41, 5.74) is 7.56. The smallest absolute Gasteiger partial charge is 0.0349 e. The number of rotatable bonds is 5. The van der Waals surface area contributed by atoms with Gasteiger partial charge in [-0.2, -0.15) is 0 Å². The van der Waals surface area contributed by atoms with Crippen molar-refractivity contribution in [2.75, 3.05) is 0 Å². The summed E-state index contributed by atoms with van der Waals surface area (Å²) in [4.78, 5) is 5.21. The van der Waals surface area contributed by atoms with Crippen molar-refractivity contribution in [2.45, 2.75) is 0 Å². The molecule has 4 aromatic carbocycles. The van der Waals surface area contributed by atoms with Crippen LogP contribution in [-0.2, 0) is 0 Å². The van der Waals surface area contributed by atoms with E-state index < -0.39 is 0 Å². The van der Waals surface area contributed by atoms with Crippen molar-refractivity contribution in [1.82, 2.24) is 0 Å². The Morgan fingerprint density at radius 2 is 0.500 bits per heavy atom. The second kappa shape index (κ2) is 9.26. The van der Waals surface area contributed by atoms with E-state index >= 15 is 0 Å². The highest BCUT2D eigenvalue weighted by Crippen LogP contribution is 2.37. The zero-order valence-electron chi connectivity index (χ0n) is 18.5. The minimum absolute atomic E-state index is 1.24. The molecule has 162 valence electrons. The van der Waals surface area contributed by atoms with E-state index in [1.165, 1.54) is 52.9 Å². The largest absolute Gasteiger partial charge is 0.135 e. The average molecular weight is 471 g/mol. The molecule has 0 aliphatic rings. The predicted octanol–water partition coefficient (Wildman–Crippen LogP) is 10.1. The molecule has 0 spiro atoms. The van der Waals surface area contributed by atoms with Gasteiger partial charge >= 0.3 is 0 Å². The van der Waals surface area contributed by atoms with Crippen molar-refractivity contribution in [2.24, 2.45) is 0 Å². The van der Waals surface area contributed by atoms with Crippen molar-refractivity contribution >= 4 is 22.7 Å². The first kappa shape index (κ1) is 20.9. The highest BCUT2D eigenvalue weighted by molar-refractivity contribution is 7.19. The zero-order valence-corrected chi connectivity index (χ0v) is 20.2. The van der Waals surface area contributed by atoms with E-state index in [9.17, 15) is 0 Å². The van der Waals surface area contributed by atoms with Crippen LogP contribution >= 0.6 is 22.7 Å². The minimum Gasteiger partial charge on any atom is -0.135 e. The summed E-state index contributed by atoms with van der Waals surface area (Å²) in [6.07, 6.45) is 0. The molecular formula is C32H22S2. The van der Waals surface area contributed by atoms with Gasteiger partial charge in [-0.25, -0.2) is 0 Å². The van der Waals surface area contributed by atoms with Crippen LogP contribution in [0, 0.1) is 0 Å². The summed E-state index contributed by atoms with van der Waals surface area (Å²) in [6, 6.07) is 47.9. The Kier molecular flexibility index (Phi) is 5.68. The van der Waals surface area contributed by atoms with E-state index in [4.69, 9.17) is 0 Å². The van der Waals surface area contributed by atoms with Crippen molar-refractivity contribution in [3.05, 3.63) is 133 Å². The minimum atomic E-state index is 1.24. The molecule has 0 N–H and O–H groups in total. The second-order valence-corrected chi connectivity index (χ2v) is 10.4. The fraction of sp³-hybridized carbons (Fsp3) is 0. The molecule has 0 radical (unpaired) electrons. The van der Waals surface area contributed by atoms with E-state index in [2.05, 4.69) is 133 Å². The van der Waals surface area contributed by atoms with Gasteiger partial charge in [0.2, 0.25) is 0 Å². The Morgan fingerprint density at radius 3 is 0.824 bits per heavy atom. The van der Waals surface area contributed by atoms with E-state index in [-0.39, 0.29) is 0 Å². The fourth-order valence-electron chi connectivity index (χ4n) is 4.16. The third kappa shape index (κ3) is 4.26. The fourth-order valence-corrected chi connectivity index (χ4v) is 6.19. The second-order valence-electron chi connectivity index (χ2n) is 8.21. The molecule has 0 atom stereocenters. The van der Waals surface area contributed by atoms with Gasteiger partial charge in [0.1, 0.15) is 0 Å². The Hall–Kier alpha value is -3.72. The number of hydrogen-bond donors (Lipinski definition) is 0. The van der Waals surface area contributed by atoms with Crippen LogP contribution in [-0.4, -0.2) is 0 Å². The lowest BCUT2D eigenvalue weighted by molar-refractivity contribution is 1.61. The first-order valence-electron chi connectivity index (χ1n) is 11.4. The maximum absolute atomic E-state index is 2.23. The van der Waals surface area contributed by atoms with Gasteiger partial charge in [0.25, 0.3) is 0 Å². The van der Waals surface area contributed by atoms with Crippen LogP contribution < -0.4 is 0 Å². The molecule has 2 heteroatoms. The van der Waals surface area contributed by atoms with Crippen molar-refractivity contribution in [1.29, 1.82) is 0 Å². The number of hydrogen-bond acceptors (Lipinski definition) is 2. The highest BCUT2D eigenvalue weighted by Gasteiger charge is 2.07. The summed E-state index contributed by atoms with van der Waals surface area (Å²) in [7, 11) is 0. The molecular weight excluding hydrogens is 448 g/mol. The predicted molar refractivity (Wildman–Crippen MR) is 149 cm³/mol. The maximum Gasteiger partial charge on any atom is 0.0349 e. The van der Waals surface area contributed by atoms with Crippen LogP contribution in [0.4, 0.5) is 0 Å². The summed E-state index contributed by atoms with van der Waals surface area (Å²) >= 11 is 3.68. The van der Waals surface area contributed by atoms with Gasteiger partial charge in [-0.3, -0.25) is 0 Å². The molecule has 34 heavy (non-hydrogen) atoms. The zero-order chi connectivity index (χ0) is 22.7. The van der Waals surface area contributed by atoms with Crippen molar-refractivity contribution in [3.8, 4) is 52.9 Å². The third-order valence-corrected chi connectivity index (χ3v) is 8.37. The van der Waals surface area contributed by atoms with E-state index in [1.54, 1.807) is 0 Å². The average Bonchev–Trinajstić information content (AvgIpc) is 3.61. The van der Waals surface area contributed by atoms with Gasteiger partial charge in [0.05, 0.1) is 0 Å². The number of benzene rings is 4. The van der Waals surface area contributed by atoms with Crippen LogP contribution in [0.2, 0.25) is 0 Å². The van der Waals surface area contributed by atoms with Gasteiger partial charge < -0.3 is 0 Å². The molecule has 0 saturated heterocycles. The third-order valence-electron chi connectivity index (χ3n) is 6.00. The summed E-state index contributed by atoms with van der Waals surface area (Å²) in [5, 5.41) is 0. The monoisotopic (exact) mass is 470 g/mol. The summed E-state index contributed by atoms with van der Waals surface area (Å²) in [6.45, 7) is 0. The first-order valence-corrected chi connectivity index (χ1v) is 13.0. The van der Waals surface area contributed by atoms with Gasteiger partial charge in [-0.15, -0.1) is 22.7 Å². The van der Waals surface area contributed by atoms with Crippen molar-refractivity contribution < 1.29 is 0 Å². The molecule has 2 heterocycles. The molecule has 2 aromatic heterocycles. The molecule has 0 bridgehead atoms. The van der Waals surface area contributed by atoms with Crippen molar-refractivity contribution in [3.63, 3.8) is 0 Å².